The summed E-state index contributed by atoms with van der Waals surface area (Å²) in [6, 6.07) is 8.42. The van der Waals surface area contributed by atoms with Crippen LogP contribution in [0.2, 0.25) is 5.02 Å². The third kappa shape index (κ3) is 4.03. The van der Waals surface area contributed by atoms with E-state index in [2.05, 4.69) is 0 Å². The molecule has 1 fully saturated rings. The number of amides is 2. The van der Waals surface area contributed by atoms with Gasteiger partial charge in [0.1, 0.15) is 5.75 Å². The summed E-state index contributed by atoms with van der Waals surface area (Å²) < 4.78 is 31.7. The van der Waals surface area contributed by atoms with Crippen molar-refractivity contribution in [3.05, 3.63) is 64.2 Å². The molecule has 2 amide bonds. The normalized spacial score (nSPS) is 14.2. The molecule has 2 aromatic carbocycles. The molecule has 5 nitrogen and oxygen atoms in total. The fraction of sp³-hybridized carbons (Fsp3) is 0.263. The van der Waals surface area contributed by atoms with E-state index in [4.69, 9.17) is 16.3 Å². The number of ether oxygens (including phenoxy) is 1. The average Bonchev–Trinajstić information content (AvgIpc) is 2.70. The van der Waals surface area contributed by atoms with Gasteiger partial charge in [-0.25, -0.2) is 8.78 Å². The monoisotopic (exact) mass is 394 g/mol. The third-order valence-electron chi connectivity index (χ3n) is 4.41. The molecule has 1 aliphatic rings. The summed E-state index contributed by atoms with van der Waals surface area (Å²) in [6.07, 6.45) is 0. The van der Waals surface area contributed by atoms with Gasteiger partial charge in [0.15, 0.2) is 11.6 Å². The van der Waals surface area contributed by atoms with Crippen LogP contribution in [0.3, 0.4) is 0 Å². The predicted molar refractivity (Wildman–Crippen MR) is 96.2 cm³/mol. The Balaban J connectivity index is 1.67. The summed E-state index contributed by atoms with van der Waals surface area (Å²) in [5, 5.41) is -0.145. The van der Waals surface area contributed by atoms with Crippen LogP contribution in [-0.4, -0.2) is 54.9 Å². The minimum Gasteiger partial charge on any atom is -0.497 e. The molecule has 0 aliphatic carbocycles. The van der Waals surface area contributed by atoms with Crippen molar-refractivity contribution in [2.24, 2.45) is 0 Å². The summed E-state index contributed by atoms with van der Waals surface area (Å²) in [4.78, 5) is 28.2. The largest absolute Gasteiger partial charge is 0.497 e. The van der Waals surface area contributed by atoms with Crippen LogP contribution >= 0.6 is 11.6 Å². The van der Waals surface area contributed by atoms with Crippen molar-refractivity contribution in [1.29, 1.82) is 0 Å². The van der Waals surface area contributed by atoms with Crippen LogP contribution in [0.25, 0.3) is 0 Å². The minimum absolute atomic E-state index is 0.0943. The standard InChI is InChI=1S/C19H17ClF2N2O3/c1-27-13-4-2-3-12(9-13)18(25)23-5-7-24(8-6-23)19(26)14-10-16(21)17(22)11-15(14)20/h2-4,9-11H,5-8H2,1H3. The maximum absolute atomic E-state index is 13.4. The molecule has 0 saturated carbocycles. The topological polar surface area (TPSA) is 49.9 Å². The quantitative estimate of drug-likeness (QED) is 0.751. The summed E-state index contributed by atoms with van der Waals surface area (Å²) in [5.41, 5.74) is 0.404. The lowest BCUT2D eigenvalue weighted by Gasteiger charge is -2.35. The highest BCUT2D eigenvalue weighted by molar-refractivity contribution is 6.33. The zero-order chi connectivity index (χ0) is 19.6. The number of rotatable bonds is 3. The van der Waals surface area contributed by atoms with E-state index in [-0.39, 0.29) is 29.6 Å². The van der Waals surface area contributed by atoms with Crippen molar-refractivity contribution >= 4 is 23.4 Å². The summed E-state index contributed by atoms with van der Waals surface area (Å²) in [7, 11) is 1.53. The number of benzene rings is 2. The Hall–Kier alpha value is -2.67. The van der Waals surface area contributed by atoms with Crippen molar-refractivity contribution in [3.8, 4) is 5.75 Å². The Labute approximate surface area is 160 Å². The van der Waals surface area contributed by atoms with Crippen LogP contribution in [0.4, 0.5) is 8.78 Å². The van der Waals surface area contributed by atoms with Gasteiger partial charge in [0.25, 0.3) is 11.8 Å². The van der Waals surface area contributed by atoms with Gasteiger partial charge in [0, 0.05) is 31.7 Å². The minimum atomic E-state index is -1.13. The second-order valence-corrected chi connectivity index (χ2v) is 6.47. The van der Waals surface area contributed by atoms with Gasteiger partial charge in [-0.2, -0.15) is 0 Å². The number of hydrogen-bond donors (Lipinski definition) is 0. The highest BCUT2D eigenvalue weighted by Gasteiger charge is 2.27. The fourth-order valence-electron chi connectivity index (χ4n) is 2.91. The molecule has 1 heterocycles. The molecular weight excluding hydrogens is 378 g/mol. The molecule has 0 aromatic heterocycles. The van der Waals surface area contributed by atoms with E-state index in [0.29, 0.717) is 24.4 Å². The smallest absolute Gasteiger partial charge is 0.255 e. The molecule has 0 bridgehead atoms. The molecule has 0 spiro atoms. The first-order chi connectivity index (χ1) is 12.9. The number of carbonyl (C=O) groups is 2. The number of nitrogens with zero attached hydrogens (tertiary/aromatic N) is 2. The van der Waals surface area contributed by atoms with Gasteiger partial charge in [-0.05, 0) is 30.3 Å². The molecule has 3 rings (SSSR count). The van der Waals surface area contributed by atoms with Gasteiger partial charge in [-0.1, -0.05) is 17.7 Å². The highest BCUT2D eigenvalue weighted by atomic mass is 35.5. The van der Waals surface area contributed by atoms with E-state index in [9.17, 15) is 18.4 Å². The summed E-state index contributed by atoms with van der Waals surface area (Å²) >= 11 is 5.87. The maximum Gasteiger partial charge on any atom is 0.255 e. The van der Waals surface area contributed by atoms with Gasteiger partial charge in [-0.15, -0.1) is 0 Å². The van der Waals surface area contributed by atoms with Crippen molar-refractivity contribution < 1.29 is 23.1 Å². The zero-order valence-electron chi connectivity index (χ0n) is 14.5. The molecule has 2 aromatic rings. The highest BCUT2D eigenvalue weighted by Crippen LogP contribution is 2.22. The number of halogens is 3. The van der Waals surface area contributed by atoms with E-state index >= 15 is 0 Å². The number of hydrogen-bond acceptors (Lipinski definition) is 3. The molecule has 0 radical (unpaired) electrons. The van der Waals surface area contributed by atoms with E-state index in [1.807, 2.05) is 0 Å². The molecular formula is C19H17ClF2N2O3. The Morgan fingerprint density at radius 3 is 2.19 bits per heavy atom. The molecule has 1 saturated heterocycles. The van der Waals surface area contributed by atoms with Crippen LogP contribution in [0.1, 0.15) is 20.7 Å². The van der Waals surface area contributed by atoms with Crippen molar-refractivity contribution in [1.82, 2.24) is 9.80 Å². The second-order valence-electron chi connectivity index (χ2n) is 6.06. The Morgan fingerprint density at radius 1 is 0.963 bits per heavy atom. The Morgan fingerprint density at radius 2 is 1.56 bits per heavy atom. The van der Waals surface area contributed by atoms with E-state index < -0.39 is 17.5 Å². The van der Waals surface area contributed by atoms with Crippen LogP contribution in [-0.2, 0) is 0 Å². The number of methoxy groups -OCH3 is 1. The van der Waals surface area contributed by atoms with Crippen molar-refractivity contribution in [2.75, 3.05) is 33.3 Å². The Bertz CT molecular complexity index is 883. The molecule has 0 atom stereocenters. The Kier molecular flexibility index (Phi) is 5.60. The first-order valence-electron chi connectivity index (χ1n) is 8.28. The number of piperazine rings is 1. The summed E-state index contributed by atoms with van der Waals surface area (Å²) in [5.74, 6) is -2.30. The molecule has 142 valence electrons. The number of carbonyl (C=O) groups excluding carboxylic acids is 2. The van der Waals surface area contributed by atoms with E-state index in [1.165, 1.54) is 12.0 Å². The fourth-order valence-corrected chi connectivity index (χ4v) is 3.14. The van der Waals surface area contributed by atoms with Crippen LogP contribution in [0.5, 0.6) is 5.75 Å². The SMILES string of the molecule is COc1cccc(C(=O)N2CCN(C(=O)c3cc(F)c(F)cc3Cl)CC2)c1. The van der Waals surface area contributed by atoms with E-state index in [1.54, 1.807) is 29.2 Å². The van der Waals surface area contributed by atoms with Gasteiger partial charge in [0.05, 0.1) is 17.7 Å². The van der Waals surface area contributed by atoms with Gasteiger partial charge < -0.3 is 14.5 Å². The lowest BCUT2D eigenvalue weighted by molar-refractivity contribution is 0.0535. The van der Waals surface area contributed by atoms with Gasteiger partial charge >= 0.3 is 0 Å². The van der Waals surface area contributed by atoms with Crippen LogP contribution < -0.4 is 4.74 Å². The molecule has 0 unspecified atom stereocenters. The van der Waals surface area contributed by atoms with Gasteiger partial charge in [-0.3, -0.25) is 9.59 Å². The van der Waals surface area contributed by atoms with Gasteiger partial charge in [0.2, 0.25) is 0 Å². The molecule has 8 heteroatoms. The lowest BCUT2D eigenvalue weighted by Crippen LogP contribution is -2.50. The average molecular weight is 395 g/mol. The summed E-state index contributed by atoms with van der Waals surface area (Å²) in [6.45, 7) is 1.18. The molecule has 27 heavy (non-hydrogen) atoms. The predicted octanol–water partition coefficient (Wildman–Crippen LogP) is 3.23. The second kappa shape index (κ2) is 7.92. The lowest BCUT2D eigenvalue weighted by atomic mass is 10.1. The van der Waals surface area contributed by atoms with Crippen molar-refractivity contribution in [3.63, 3.8) is 0 Å². The molecule has 0 N–H and O–H groups in total. The van der Waals surface area contributed by atoms with Crippen LogP contribution in [0.15, 0.2) is 36.4 Å². The first kappa shape index (κ1) is 19.1. The van der Waals surface area contributed by atoms with Crippen molar-refractivity contribution in [2.45, 2.75) is 0 Å². The zero-order valence-corrected chi connectivity index (χ0v) is 15.3. The first-order valence-corrected chi connectivity index (χ1v) is 8.65. The maximum atomic E-state index is 13.4. The van der Waals surface area contributed by atoms with Crippen LogP contribution in [0, 0.1) is 11.6 Å². The molecule has 1 aliphatic heterocycles. The van der Waals surface area contributed by atoms with E-state index in [0.717, 1.165) is 12.1 Å². The third-order valence-corrected chi connectivity index (χ3v) is 4.72.